The summed E-state index contributed by atoms with van der Waals surface area (Å²) in [6.07, 6.45) is -0.704. The standard InChI is InChI=1S/C18H21ClN5O2P/c1-26-15-11-13(27(2,3)25)9-10-14(15)24-17(16(19)22-23-18(24)20)21-12-7-5-4-6-8-12/h4-11,18,23H,20H2,1-3H3. The highest BCUT2D eigenvalue weighted by atomic mass is 35.5. The Morgan fingerprint density at radius 1 is 1.26 bits per heavy atom. The van der Waals surface area contributed by atoms with Crippen molar-refractivity contribution in [3.63, 3.8) is 0 Å². The Balaban J connectivity index is 2.13. The summed E-state index contributed by atoms with van der Waals surface area (Å²) in [7, 11) is -0.894. The van der Waals surface area contributed by atoms with Gasteiger partial charge in [-0.2, -0.15) is 5.10 Å². The van der Waals surface area contributed by atoms with Gasteiger partial charge in [-0.3, -0.25) is 16.1 Å². The Morgan fingerprint density at radius 3 is 2.59 bits per heavy atom. The van der Waals surface area contributed by atoms with Gasteiger partial charge in [-0.05, 0) is 43.7 Å². The maximum absolute atomic E-state index is 12.4. The number of ether oxygens (including phenoxy) is 1. The molecule has 0 saturated heterocycles. The number of rotatable bonds is 4. The zero-order chi connectivity index (χ0) is 19.6. The van der Waals surface area contributed by atoms with Gasteiger partial charge >= 0.3 is 0 Å². The molecule has 0 fully saturated rings. The maximum Gasteiger partial charge on any atom is 0.192 e. The molecule has 0 spiro atoms. The van der Waals surface area contributed by atoms with Crippen LogP contribution >= 0.6 is 18.7 Å². The predicted octanol–water partition coefficient (Wildman–Crippen LogP) is 2.88. The Hall–Kier alpha value is -2.34. The van der Waals surface area contributed by atoms with Crippen LogP contribution in [0.2, 0.25) is 0 Å². The van der Waals surface area contributed by atoms with E-state index < -0.39 is 13.4 Å². The van der Waals surface area contributed by atoms with Crippen molar-refractivity contribution < 1.29 is 9.30 Å². The molecule has 0 saturated carbocycles. The van der Waals surface area contributed by atoms with Crippen LogP contribution in [-0.4, -0.2) is 37.7 Å². The van der Waals surface area contributed by atoms with Crippen molar-refractivity contribution in [2.45, 2.75) is 6.29 Å². The number of hydrazone groups is 1. The summed E-state index contributed by atoms with van der Waals surface area (Å²) in [5.74, 6) is 0.900. The van der Waals surface area contributed by atoms with Crippen LogP contribution < -0.4 is 26.1 Å². The summed E-state index contributed by atoms with van der Waals surface area (Å²) >= 11 is 6.32. The van der Waals surface area contributed by atoms with Crippen LogP contribution in [0.4, 0.5) is 11.4 Å². The quantitative estimate of drug-likeness (QED) is 0.763. The third kappa shape index (κ3) is 4.16. The number of benzene rings is 2. The highest BCUT2D eigenvalue weighted by Crippen LogP contribution is 2.39. The van der Waals surface area contributed by atoms with Gasteiger partial charge in [0.15, 0.2) is 17.3 Å². The van der Waals surface area contributed by atoms with Crippen molar-refractivity contribution in [3.05, 3.63) is 48.5 Å². The highest BCUT2D eigenvalue weighted by molar-refractivity contribution is 7.70. The van der Waals surface area contributed by atoms with Crippen LogP contribution in [-0.2, 0) is 4.57 Å². The number of halogens is 1. The van der Waals surface area contributed by atoms with Gasteiger partial charge < -0.3 is 9.30 Å². The fourth-order valence-electron chi connectivity index (χ4n) is 2.65. The van der Waals surface area contributed by atoms with Crippen LogP contribution in [0, 0.1) is 0 Å². The number of para-hydroxylation sites is 1. The molecule has 2 aromatic carbocycles. The third-order valence-electron chi connectivity index (χ3n) is 4.02. The molecule has 0 amide bonds. The molecular formula is C18H21ClN5O2P. The molecule has 3 rings (SSSR count). The Kier molecular flexibility index (Phi) is 5.56. The lowest BCUT2D eigenvalue weighted by Gasteiger charge is -2.35. The van der Waals surface area contributed by atoms with E-state index in [2.05, 4.69) is 15.5 Å². The predicted molar refractivity (Wildman–Crippen MR) is 112 cm³/mol. The van der Waals surface area contributed by atoms with E-state index in [0.717, 1.165) is 0 Å². The largest absolute Gasteiger partial charge is 0.495 e. The van der Waals surface area contributed by atoms with Gasteiger partial charge in [-0.1, -0.05) is 29.8 Å². The molecule has 9 heteroatoms. The Bertz CT molecular complexity index is 942. The van der Waals surface area contributed by atoms with E-state index in [9.17, 15) is 4.57 Å². The summed E-state index contributed by atoms with van der Waals surface area (Å²) in [6, 6.07) is 14.7. The number of methoxy groups -OCH3 is 1. The maximum atomic E-state index is 12.4. The number of amidine groups is 1. The number of hydrogen-bond donors (Lipinski definition) is 2. The van der Waals surface area contributed by atoms with Gasteiger partial charge in [0.1, 0.15) is 12.9 Å². The number of nitrogens with zero attached hydrogens (tertiary/aromatic N) is 3. The first kappa shape index (κ1) is 19.4. The summed E-state index contributed by atoms with van der Waals surface area (Å²) in [5, 5.41) is 4.91. The van der Waals surface area contributed by atoms with Crippen molar-refractivity contribution in [1.29, 1.82) is 0 Å². The van der Waals surface area contributed by atoms with Crippen molar-refractivity contribution in [2.24, 2.45) is 15.8 Å². The van der Waals surface area contributed by atoms with Crippen LogP contribution in [0.5, 0.6) is 5.75 Å². The molecule has 1 heterocycles. The van der Waals surface area contributed by atoms with Crippen molar-refractivity contribution >= 4 is 46.4 Å². The van der Waals surface area contributed by atoms with Crippen LogP contribution in [0.15, 0.2) is 58.6 Å². The van der Waals surface area contributed by atoms with Crippen LogP contribution in [0.1, 0.15) is 0 Å². The molecule has 142 valence electrons. The molecule has 0 bridgehead atoms. The van der Waals surface area contributed by atoms with E-state index in [4.69, 9.17) is 22.1 Å². The lowest BCUT2D eigenvalue weighted by atomic mass is 10.2. The molecule has 7 nitrogen and oxygen atoms in total. The van der Waals surface area contributed by atoms with Gasteiger partial charge in [0.25, 0.3) is 0 Å². The lowest BCUT2D eigenvalue weighted by molar-refractivity contribution is 0.413. The molecule has 0 aromatic heterocycles. The second-order valence-electron chi connectivity index (χ2n) is 6.32. The first-order chi connectivity index (χ1) is 12.8. The molecule has 2 aromatic rings. The van der Waals surface area contributed by atoms with Crippen LogP contribution in [0.3, 0.4) is 0 Å². The highest BCUT2D eigenvalue weighted by Gasteiger charge is 2.30. The van der Waals surface area contributed by atoms with E-state index in [0.29, 0.717) is 28.3 Å². The molecule has 1 aliphatic heterocycles. The molecule has 27 heavy (non-hydrogen) atoms. The van der Waals surface area contributed by atoms with Gasteiger partial charge in [0.05, 0.1) is 18.5 Å². The molecule has 1 atom stereocenters. The van der Waals surface area contributed by atoms with Crippen molar-refractivity contribution in [2.75, 3.05) is 25.3 Å². The van der Waals surface area contributed by atoms with Crippen molar-refractivity contribution in [1.82, 2.24) is 5.43 Å². The summed E-state index contributed by atoms with van der Waals surface area (Å²) in [5.41, 5.74) is 10.3. The van der Waals surface area contributed by atoms with E-state index in [1.54, 1.807) is 43.5 Å². The van der Waals surface area contributed by atoms with Gasteiger partial charge in [0, 0.05) is 5.30 Å². The molecule has 3 N–H and O–H groups in total. The smallest absolute Gasteiger partial charge is 0.192 e. The number of nitrogens with one attached hydrogen (secondary N) is 1. The van der Waals surface area contributed by atoms with E-state index in [-0.39, 0.29) is 5.17 Å². The molecule has 0 aliphatic carbocycles. The minimum absolute atomic E-state index is 0.170. The molecule has 0 radical (unpaired) electrons. The normalized spacial score (nSPS) is 18.9. The zero-order valence-corrected chi connectivity index (χ0v) is 16.9. The van der Waals surface area contributed by atoms with Gasteiger partial charge in [-0.15, -0.1) is 0 Å². The topological polar surface area (TPSA) is 92.3 Å². The second-order valence-corrected chi connectivity index (χ2v) is 9.90. The molecule has 1 unspecified atom stereocenters. The molecule has 1 aliphatic rings. The van der Waals surface area contributed by atoms with Crippen LogP contribution in [0.25, 0.3) is 0 Å². The van der Waals surface area contributed by atoms with Gasteiger partial charge in [-0.25, -0.2) is 4.99 Å². The number of anilines is 1. The van der Waals surface area contributed by atoms with Crippen molar-refractivity contribution in [3.8, 4) is 5.75 Å². The van der Waals surface area contributed by atoms with E-state index >= 15 is 0 Å². The number of hydrogen-bond acceptors (Lipinski definition) is 6. The fourth-order valence-corrected chi connectivity index (χ4v) is 3.69. The third-order valence-corrected chi connectivity index (χ3v) is 5.80. The van der Waals surface area contributed by atoms with Gasteiger partial charge in [0.2, 0.25) is 0 Å². The van der Waals surface area contributed by atoms with E-state index in [1.807, 2.05) is 30.3 Å². The average molecular weight is 406 g/mol. The average Bonchev–Trinajstić information content (AvgIpc) is 2.65. The Morgan fingerprint density at radius 2 is 1.96 bits per heavy atom. The monoisotopic (exact) mass is 405 g/mol. The first-order valence-electron chi connectivity index (χ1n) is 8.22. The fraction of sp³-hybridized carbons (Fsp3) is 0.222. The first-order valence-corrected chi connectivity index (χ1v) is 11.2. The summed E-state index contributed by atoms with van der Waals surface area (Å²) in [4.78, 5) is 6.30. The molecular weight excluding hydrogens is 385 g/mol. The minimum Gasteiger partial charge on any atom is -0.495 e. The summed E-state index contributed by atoms with van der Waals surface area (Å²) < 4.78 is 18.0. The number of aliphatic imine (C=N–C) groups is 1. The number of nitrogens with two attached hydrogens (primary N) is 1. The Labute approximate surface area is 163 Å². The van der Waals surface area contributed by atoms with E-state index in [1.165, 1.54) is 0 Å². The second kappa shape index (κ2) is 7.72. The lowest BCUT2D eigenvalue weighted by Crippen LogP contribution is -2.58. The summed E-state index contributed by atoms with van der Waals surface area (Å²) in [6.45, 7) is 3.42. The zero-order valence-electron chi connectivity index (χ0n) is 15.3. The SMILES string of the molecule is COc1cc(P(C)(C)=O)ccc1N1C(=Nc2ccccc2)C(Cl)=NNC1N. The minimum atomic E-state index is -2.44.